The van der Waals surface area contributed by atoms with Crippen molar-refractivity contribution in [3.63, 3.8) is 0 Å². The van der Waals surface area contributed by atoms with Gasteiger partial charge in [0.05, 0.1) is 13.2 Å². The minimum atomic E-state index is -0.0343. The van der Waals surface area contributed by atoms with Gasteiger partial charge in [0.1, 0.15) is 0 Å². The van der Waals surface area contributed by atoms with Crippen molar-refractivity contribution in [2.45, 2.75) is 0 Å². The van der Waals surface area contributed by atoms with E-state index in [0.29, 0.717) is 24.7 Å². The number of rotatable bonds is 4. The lowest BCUT2D eigenvalue weighted by molar-refractivity contribution is 0.104. The van der Waals surface area contributed by atoms with Crippen LogP contribution in [0.25, 0.3) is 16.8 Å². The van der Waals surface area contributed by atoms with Gasteiger partial charge < -0.3 is 9.64 Å². The van der Waals surface area contributed by atoms with Crippen molar-refractivity contribution in [3.05, 3.63) is 72.1 Å². The van der Waals surface area contributed by atoms with Gasteiger partial charge in [-0.25, -0.2) is 9.97 Å². The molecule has 1 saturated heterocycles. The van der Waals surface area contributed by atoms with E-state index < -0.39 is 0 Å². The maximum atomic E-state index is 12.4. The van der Waals surface area contributed by atoms with Gasteiger partial charge in [-0.2, -0.15) is 0 Å². The molecule has 0 radical (unpaired) electrons. The summed E-state index contributed by atoms with van der Waals surface area (Å²) in [5.41, 5.74) is 1.47. The summed E-state index contributed by atoms with van der Waals surface area (Å²) in [4.78, 5) is 23.3. The molecule has 0 aliphatic carbocycles. The van der Waals surface area contributed by atoms with E-state index in [0.717, 1.165) is 29.4 Å². The number of aromatic nitrogens is 2. The van der Waals surface area contributed by atoms with E-state index in [1.165, 1.54) is 0 Å². The van der Waals surface area contributed by atoms with Crippen LogP contribution in [0.2, 0.25) is 0 Å². The molecule has 0 atom stereocenters. The first kappa shape index (κ1) is 16.4. The van der Waals surface area contributed by atoms with E-state index in [-0.39, 0.29) is 5.78 Å². The Labute approximate surface area is 152 Å². The standard InChI is InChI=1S/C21H19N3O2/c25-20(19-7-6-17-3-1-2-4-18(17)13-19)8-5-16-14-22-21(23-15-16)24-9-11-26-12-10-24/h1-8,13-15H,9-12H2. The lowest BCUT2D eigenvalue weighted by atomic mass is 10.0. The number of hydrogen-bond acceptors (Lipinski definition) is 5. The van der Waals surface area contributed by atoms with E-state index >= 15 is 0 Å². The van der Waals surface area contributed by atoms with Crippen LogP contribution < -0.4 is 4.90 Å². The fourth-order valence-corrected chi connectivity index (χ4v) is 2.95. The van der Waals surface area contributed by atoms with Crippen molar-refractivity contribution in [2.24, 2.45) is 0 Å². The van der Waals surface area contributed by atoms with Crippen molar-refractivity contribution in [3.8, 4) is 0 Å². The summed E-state index contributed by atoms with van der Waals surface area (Å²) in [5, 5.41) is 2.19. The first-order chi connectivity index (χ1) is 12.8. The van der Waals surface area contributed by atoms with Crippen molar-refractivity contribution >= 4 is 28.6 Å². The quantitative estimate of drug-likeness (QED) is 0.536. The highest BCUT2D eigenvalue weighted by Gasteiger charge is 2.13. The first-order valence-corrected chi connectivity index (χ1v) is 8.65. The Balaban J connectivity index is 1.46. The summed E-state index contributed by atoms with van der Waals surface area (Å²) in [6, 6.07) is 13.7. The molecule has 0 bridgehead atoms. The summed E-state index contributed by atoms with van der Waals surface area (Å²) in [6.45, 7) is 3.00. The number of hydrogen-bond donors (Lipinski definition) is 0. The zero-order valence-electron chi connectivity index (χ0n) is 14.3. The molecule has 1 aliphatic heterocycles. The lowest BCUT2D eigenvalue weighted by Crippen LogP contribution is -2.37. The predicted molar refractivity (Wildman–Crippen MR) is 102 cm³/mol. The van der Waals surface area contributed by atoms with Crippen LogP contribution in [0.4, 0.5) is 5.95 Å². The van der Waals surface area contributed by atoms with Crippen LogP contribution in [0.1, 0.15) is 15.9 Å². The van der Waals surface area contributed by atoms with Crippen LogP contribution in [0.15, 0.2) is 60.9 Å². The fourth-order valence-electron chi connectivity index (χ4n) is 2.95. The van der Waals surface area contributed by atoms with Gasteiger partial charge >= 0.3 is 0 Å². The molecule has 0 amide bonds. The van der Waals surface area contributed by atoms with Gasteiger partial charge in [0.2, 0.25) is 5.95 Å². The zero-order valence-corrected chi connectivity index (χ0v) is 14.3. The highest BCUT2D eigenvalue weighted by Crippen LogP contribution is 2.17. The van der Waals surface area contributed by atoms with Crippen LogP contribution >= 0.6 is 0 Å². The summed E-state index contributed by atoms with van der Waals surface area (Å²) in [6.07, 6.45) is 6.79. The van der Waals surface area contributed by atoms with Crippen molar-refractivity contribution in [1.82, 2.24) is 9.97 Å². The van der Waals surface area contributed by atoms with Gasteiger partial charge in [0, 0.05) is 36.6 Å². The molecule has 0 N–H and O–H groups in total. The molecule has 2 aromatic carbocycles. The SMILES string of the molecule is O=C(C=Cc1cnc(N2CCOCC2)nc1)c1ccc2ccccc2c1. The molecule has 5 nitrogen and oxygen atoms in total. The Bertz CT molecular complexity index is 945. The Morgan fingerprint density at radius 2 is 1.73 bits per heavy atom. The first-order valence-electron chi connectivity index (χ1n) is 8.65. The molecule has 1 aliphatic rings. The Hall–Kier alpha value is -3.05. The number of morpholine rings is 1. The molecule has 0 saturated carbocycles. The molecule has 0 unspecified atom stereocenters. The molecule has 26 heavy (non-hydrogen) atoms. The topological polar surface area (TPSA) is 55.3 Å². The van der Waals surface area contributed by atoms with Crippen LogP contribution in [0.3, 0.4) is 0 Å². The summed E-state index contributed by atoms with van der Waals surface area (Å²) in [5.74, 6) is 0.666. The Morgan fingerprint density at radius 1 is 1.00 bits per heavy atom. The highest BCUT2D eigenvalue weighted by molar-refractivity contribution is 6.08. The van der Waals surface area contributed by atoms with Crippen molar-refractivity contribution in [2.75, 3.05) is 31.2 Å². The highest BCUT2D eigenvalue weighted by atomic mass is 16.5. The molecule has 2 heterocycles. The summed E-state index contributed by atoms with van der Waals surface area (Å²) in [7, 11) is 0. The lowest BCUT2D eigenvalue weighted by Gasteiger charge is -2.26. The Morgan fingerprint density at radius 3 is 2.50 bits per heavy atom. The molecule has 4 rings (SSSR count). The second-order valence-electron chi connectivity index (χ2n) is 6.18. The summed E-state index contributed by atoms with van der Waals surface area (Å²) < 4.78 is 5.33. The third-order valence-electron chi connectivity index (χ3n) is 4.41. The van der Waals surface area contributed by atoms with Gasteiger partial charge in [-0.05, 0) is 29.0 Å². The smallest absolute Gasteiger partial charge is 0.225 e. The average molecular weight is 345 g/mol. The molecule has 1 aromatic heterocycles. The number of allylic oxidation sites excluding steroid dienone is 1. The third-order valence-corrected chi connectivity index (χ3v) is 4.41. The largest absolute Gasteiger partial charge is 0.378 e. The zero-order chi connectivity index (χ0) is 17.8. The maximum Gasteiger partial charge on any atom is 0.225 e. The van der Waals surface area contributed by atoms with E-state index in [9.17, 15) is 4.79 Å². The second kappa shape index (κ2) is 7.45. The number of carbonyl (C=O) groups excluding carboxylic acids is 1. The van der Waals surface area contributed by atoms with E-state index in [1.54, 1.807) is 24.5 Å². The van der Waals surface area contributed by atoms with Gasteiger partial charge in [-0.15, -0.1) is 0 Å². The molecular formula is C21H19N3O2. The normalized spacial score (nSPS) is 14.8. The van der Waals surface area contributed by atoms with Gasteiger partial charge in [0.15, 0.2) is 5.78 Å². The molecule has 0 spiro atoms. The monoisotopic (exact) mass is 345 g/mol. The molecular weight excluding hydrogens is 326 g/mol. The van der Waals surface area contributed by atoms with E-state index in [1.807, 2.05) is 42.5 Å². The molecule has 130 valence electrons. The number of ether oxygens (including phenoxy) is 1. The van der Waals surface area contributed by atoms with Crippen LogP contribution in [-0.4, -0.2) is 42.1 Å². The second-order valence-corrected chi connectivity index (χ2v) is 6.18. The minimum Gasteiger partial charge on any atom is -0.378 e. The van der Waals surface area contributed by atoms with E-state index in [4.69, 9.17) is 4.74 Å². The van der Waals surface area contributed by atoms with Crippen molar-refractivity contribution in [1.29, 1.82) is 0 Å². The van der Waals surface area contributed by atoms with Crippen LogP contribution in [-0.2, 0) is 4.74 Å². The molecule has 5 heteroatoms. The van der Waals surface area contributed by atoms with Gasteiger partial charge in [0.25, 0.3) is 0 Å². The number of benzene rings is 2. The van der Waals surface area contributed by atoms with Crippen molar-refractivity contribution < 1.29 is 9.53 Å². The molecule has 1 fully saturated rings. The van der Waals surface area contributed by atoms with E-state index in [2.05, 4.69) is 14.9 Å². The Kier molecular flexibility index (Phi) is 4.71. The maximum absolute atomic E-state index is 12.4. The van der Waals surface area contributed by atoms with Gasteiger partial charge in [-0.3, -0.25) is 4.79 Å². The number of carbonyl (C=O) groups is 1. The average Bonchev–Trinajstić information content (AvgIpc) is 2.72. The number of nitrogens with zero attached hydrogens (tertiary/aromatic N) is 3. The van der Waals surface area contributed by atoms with Gasteiger partial charge in [-0.1, -0.05) is 36.4 Å². The molecule has 3 aromatic rings. The summed E-state index contributed by atoms with van der Waals surface area (Å²) >= 11 is 0. The predicted octanol–water partition coefficient (Wildman–Crippen LogP) is 3.36. The third kappa shape index (κ3) is 3.63. The number of fused-ring (bicyclic) bond motifs is 1. The number of anilines is 1. The van der Waals surface area contributed by atoms with Crippen LogP contribution in [0, 0.1) is 0 Å². The number of ketones is 1. The van der Waals surface area contributed by atoms with Crippen LogP contribution in [0.5, 0.6) is 0 Å². The minimum absolute atomic E-state index is 0.0343. The fraction of sp³-hybridized carbons (Fsp3) is 0.190.